The number of rotatable bonds is 5. The van der Waals surface area contributed by atoms with Gasteiger partial charge >= 0.3 is 0 Å². The van der Waals surface area contributed by atoms with Crippen LogP contribution < -0.4 is 5.32 Å². The molecule has 0 saturated heterocycles. The van der Waals surface area contributed by atoms with Gasteiger partial charge in [-0.05, 0) is 53.8 Å². The van der Waals surface area contributed by atoms with Crippen LogP contribution in [0.3, 0.4) is 0 Å². The maximum atomic E-state index is 10.3. The third-order valence-electron chi connectivity index (χ3n) is 6.57. The van der Waals surface area contributed by atoms with E-state index in [1.54, 1.807) is 11.3 Å². The molecule has 33 heavy (non-hydrogen) atoms. The lowest BCUT2D eigenvalue weighted by atomic mass is 9.93. The van der Waals surface area contributed by atoms with E-state index in [-0.39, 0.29) is 12.1 Å². The zero-order chi connectivity index (χ0) is 22.2. The number of aromatic nitrogens is 3. The number of benzene rings is 3. The van der Waals surface area contributed by atoms with Crippen molar-refractivity contribution < 1.29 is 5.11 Å². The van der Waals surface area contributed by atoms with Crippen molar-refractivity contribution in [1.82, 2.24) is 14.5 Å². The van der Waals surface area contributed by atoms with Crippen molar-refractivity contribution in [2.75, 3.05) is 5.32 Å². The standard InChI is InChI=1S/C27H26N4OS/c32-25-9-5-4-8-21(25)29-27-30-22-12-10-18(14-26(22)33-27)16-31-17-28-23-15-20(11-13-24(23)31)19-6-2-1-3-7-19/h1-3,6-7,10-15,17,21,25,32H,4-5,8-9,16H2,(H,29,30)/t21-,25-/m1/s1. The van der Waals surface area contributed by atoms with Crippen molar-refractivity contribution in [2.24, 2.45) is 0 Å². The Labute approximate surface area is 196 Å². The smallest absolute Gasteiger partial charge is 0.184 e. The van der Waals surface area contributed by atoms with Crippen LogP contribution in [-0.4, -0.2) is 31.8 Å². The summed E-state index contributed by atoms with van der Waals surface area (Å²) in [6.45, 7) is 0.763. The molecule has 5 aromatic rings. The van der Waals surface area contributed by atoms with Crippen LogP contribution in [0.5, 0.6) is 0 Å². The molecule has 0 amide bonds. The molecule has 0 spiro atoms. The molecule has 1 fully saturated rings. The molecule has 0 unspecified atom stereocenters. The molecule has 2 N–H and O–H groups in total. The molecule has 1 aliphatic carbocycles. The van der Waals surface area contributed by atoms with E-state index >= 15 is 0 Å². The molecule has 2 aromatic heterocycles. The largest absolute Gasteiger partial charge is 0.391 e. The number of nitrogens with zero attached hydrogens (tertiary/aromatic N) is 3. The summed E-state index contributed by atoms with van der Waals surface area (Å²) in [4.78, 5) is 9.40. The zero-order valence-electron chi connectivity index (χ0n) is 18.3. The van der Waals surface area contributed by atoms with Crippen LogP contribution in [0.15, 0.2) is 73.1 Å². The average molecular weight is 455 g/mol. The van der Waals surface area contributed by atoms with Gasteiger partial charge < -0.3 is 15.0 Å². The first-order chi connectivity index (χ1) is 16.2. The molecule has 6 heteroatoms. The molecule has 5 nitrogen and oxygen atoms in total. The van der Waals surface area contributed by atoms with E-state index in [4.69, 9.17) is 4.98 Å². The molecule has 166 valence electrons. The van der Waals surface area contributed by atoms with Crippen LogP contribution in [-0.2, 0) is 6.54 Å². The summed E-state index contributed by atoms with van der Waals surface area (Å²) in [7, 11) is 0. The minimum Gasteiger partial charge on any atom is -0.391 e. The number of nitrogens with one attached hydrogen (secondary N) is 1. The summed E-state index contributed by atoms with van der Waals surface area (Å²) in [6.07, 6.45) is 5.79. The van der Waals surface area contributed by atoms with Crippen molar-refractivity contribution in [3.8, 4) is 11.1 Å². The van der Waals surface area contributed by atoms with Gasteiger partial charge in [-0.15, -0.1) is 0 Å². The molecular formula is C27H26N4OS. The van der Waals surface area contributed by atoms with Gasteiger partial charge in [0.1, 0.15) is 0 Å². The fourth-order valence-electron chi connectivity index (χ4n) is 4.76. The summed E-state index contributed by atoms with van der Waals surface area (Å²) in [5.74, 6) is 0. The Kier molecular flexibility index (Phi) is 5.32. The fourth-order valence-corrected chi connectivity index (χ4v) is 5.76. The minimum atomic E-state index is -0.279. The lowest BCUT2D eigenvalue weighted by molar-refractivity contribution is 0.116. The van der Waals surface area contributed by atoms with Crippen LogP contribution in [0.4, 0.5) is 5.13 Å². The third kappa shape index (κ3) is 4.12. The van der Waals surface area contributed by atoms with E-state index in [1.807, 2.05) is 12.4 Å². The molecule has 2 heterocycles. The highest BCUT2D eigenvalue weighted by Crippen LogP contribution is 2.30. The first-order valence-corrected chi connectivity index (χ1v) is 12.4. The molecule has 0 bridgehead atoms. The molecule has 6 rings (SSSR count). The van der Waals surface area contributed by atoms with Crippen LogP contribution >= 0.6 is 11.3 Å². The lowest BCUT2D eigenvalue weighted by Gasteiger charge is -2.27. The highest BCUT2D eigenvalue weighted by molar-refractivity contribution is 7.22. The first kappa shape index (κ1) is 20.4. The summed E-state index contributed by atoms with van der Waals surface area (Å²) in [5.41, 5.74) is 6.75. The van der Waals surface area contributed by atoms with Gasteiger partial charge in [-0.25, -0.2) is 9.97 Å². The molecule has 2 atom stereocenters. The first-order valence-electron chi connectivity index (χ1n) is 11.6. The predicted octanol–water partition coefficient (Wildman–Crippen LogP) is 6.08. The second kappa shape index (κ2) is 8.61. The van der Waals surface area contributed by atoms with Crippen LogP contribution in [0.2, 0.25) is 0 Å². The van der Waals surface area contributed by atoms with Gasteiger partial charge in [-0.2, -0.15) is 0 Å². The maximum Gasteiger partial charge on any atom is 0.184 e. The quantitative estimate of drug-likeness (QED) is 0.338. The van der Waals surface area contributed by atoms with Crippen LogP contribution in [0.25, 0.3) is 32.4 Å². The van der Waals surface area contributed by atoms with Gasteiger partial charge in [0.05, 0.1) is 39.7 Å². The summed E-state index contributed by atoms with van der Waals surface area (Å²) >= 11 is 1.66. The Balaban J connectivity index is 1.23. The van der Waals surface area contributed by atoms with Gasteiger partial charge in [0.2, 0.25) is 0 Å². The highest BCUT2D eigenvalue weighted by atomic mass is 32.1. The maximum absolute atomic E-state index is 10.3. The summed E-state index contributed by atoms with van der Waals surface area (Å²) in [5, 5.41) is 14.6. The molecule has 0 radical (unpaired) electrons. The topological polar surface area (TPSA) is 63.0 Å². The Hall–Kier alpha value is -3.22. The third-order valence-corrected chi connectivity index (χ3v) is 7.52. The second-order valence-electron chi connectivity index (χ2n) is 8.87. The molecule has 1 aliphatic rings. The Bertz CT molecular complexity index is 1410. The Morgan fingerprint density at radius 2 is 1.82 bits per heavy atom. The van der Waals surface area contributed by atoms with Gasteiger partial charge in [0.25, 0.3) is 0 Å². The molecule has 1 saturated carbocycles. The number of anilines is 1. The van der Waals surface area contributed by atoms with Gasteiger partial charge in [-0.3, -0.25) is 0 Å². The van der Waals surface area contributed by atoms with Crippen molar-refractivity contribution in [3.63, 3.8) is 0 Å². The van der Waals surface area contributed by atoms with Crippen molar-refractivity contribution in [1.29, 1.82) is 0 Å². The fraction of sp³-hybridized carbons (Fsp3) is 0.259. The lowest BCUT2D eigenvalue weighted by Crippen LogP contribution is -2.36. The number of hydrogen-bond acceptors (Lipinski definition) is 5. The van der Waals surface area contributed by atoms with Gasteiger partial charge in [0.15, 0.2) is 5.13 Å². The molecular weight excluding hydrogens is 428 g/mol. The Morgan fingerprint density at radius 3 is 2.70 bits per heavy atom. The van der Waals surface area contributed by atoms with Crippen LogP contribution in [0.1, 0.15) is 31.2 Å². The highest BCUT2D eigenvalue weighted by Gasteiger charge is 2.23. The van der Waals surface area contributed by atoms with Crippen molar-refractivity contribution >= 4 is 37.7 Å². The van der Waals surface area contributed by atoms with Crippen molar-refractivity contribution in [2.45, 2.75) is 44.4 Å². The second-order valence-corrected chi connectivity index (χ2v) is 9.90. The molecule has 0 aliphatic heterocycles. The Morgan fingerprint density at radius 1 is 0.939 bits per heavy atom. The van der Waals surface area contributed by atoms with E-state index in [2.05, 4.69) is 75.5 Å². The number of imidazole rings is 1. The average Bonchev–Trinajstić information content (AvgIpc) is 3.44. The predicted molar refractivity (Wildman–Crippen MR) is 136 cm³/mol. The number of fused-ring (bicyclic) bond motifs is 2. The van der Waals surface area contributed by atoms with E-state index < -0.39 is 0 Å². The van der Waals surface area contributed by atoms with E-state index in [0.29, 0.717) is 0 Å². The van der Waals surface area contributed by atoms with Gasteiger partial charge in [0, 0.05) is 6.54 Å². The van der Waals surface area contributed by atoms with Crippen LogP contribution in [0, 0.1) is 0 Å². The summed E-state index contributed by atoms with van der Waals surface area (Å²) < 4.78 is 3.36. The van der Waals surface area contributed by atoms with Crippen molar-refractivity contribution in [3.05, 3.63) is 78.6 Å². The number of aliphatic hydroxyl groups is 1. The number of aliphatic hydroxyl groups excluding tert-OH is 1. The monoisotopic (exact) mass is 454 g/mol. The number of thiazole rings is 1. The van der Waals surface area contributed by atoms with E-state index in [0.717, 1.165) is 58.6 Å². The zero-order valence-corrected chi connectivity index (χ0v) is 19.1. The van der Waals surface area contributed by atoms with E-state index in [1.165, 1.54) is 16.7 Å². The summed E-state index contributed by atoms with van der Waals surface area (Å²) in [6, 6.07) is 23.5. The normalized spacial score (nSPS) is 18.7. The molecule has 3 aromatic carbocycles. The van der Waals surface area contributed by atoms with Gasteiger partial charge in [-0.1, -0.05) is 66.6 Å². The minimum absolute atomic E-state index is 0.108. The SMILES string of the molecule is O[C@@H]1CCCC[C@H]1Nc1nc2ccc(Cn3cnc4cc(-c5ccccc5)ccc43)cc2s1. The van der Waals surface area contributed by atoms with E-state index in [9.17, 15) is 5.11 Å². The number of hydrogen-bond donors (Lipinski definition) is 2.